The highest BCUT2D eigenvalue weighted by molar-refractivity contribution is 7.92. The summed E-state index contributed by atoms with van der Waals surface area (Å²) < 4.78 is 10.9. The summed E-state index contributed by atoms with van der Waals surface area (Å²) in [4.78, 5) is 23.2. The van der Waals surface area contributed by atoms with Gasteiger partial charge >= 0.3 is 0 Å². The van der Waals surface area contributed by atoms with Gasteiger partial charge in [-0.15, -0.1) is 0 Å². The van der Waals surface area contributed by atoms with E-state index in [1.54, 1.807) is 25.1 Å². The second-order valence-corrected chi connectivity index (χ2v) is 6.08. The lowest BCUT2D eigenvalue weighted by molar-refractivity contribution is 0.0939. The number of nitrogens with one attached hydrogen (secondary N) is 1. The zero-order chi connectivity index (χ0) is 13.3. The lowest BCUT2D eigenvalue weighted by Gasteiger charge is -2.29. The molecule has 1 saturated heterocycles. The molecule has 0 radical (unpaired) electrons. The van der Waals surface area contributed by atoms with E-state index in [4.69, 9.17) is 0 Å². The van der Waals surface area contributed by atoms with Crippen molar-refractivity contribution >= 4 is 22.9 Å². The molecule has 0 atom stereocenters. The van der Waals surface area contributed by atoms with Crippen LogP contribution in [0.2, 0.25) is 0 Å². The average Bonchev–Trinajstić information content (AvgIpc) is 2.26. The van der Waals surface area contributed by atoms with Crippen molar-refractivity contribution in [2.45, 2.75) is 19.9 Å². The van der Waals surface area contributed by atoms with E-state index in [1.165, 1.54) is 6.92 Å². The predicted molar refractivity (Wildman–Crippen MR) is 70.3 cm³/mol. The topological polar surface area (TPSA) is 69.2 Å². The van der Waals surface area contributed by atoms with E-state index in [1.807, 2.05) is 0 Å². The Bertz CT molecular complexity index is 495. The number of ketones is 1. The molecule has 96 valence electrons. The van der Waals surface area contributed by atoms with Crippen LogP contribution in [0.3, 0.4) is 0 Å². The Morgan fingerprint density at radius 1 is 1.39 bits per heavy atom. The number of carbonyl (C=O) groups is 2. The van der Waals surface area contributed by atoms with Gasteiger partial charge in [0.05, 0.1) is 0 Å². The fourth-order valence-corrected chi connectivity index (χ4v) is 2.85. The largest absolute Gasteiger partial charge is 0.616 e. The Hall–Kier alpha value is -1.33. The molecule has 4 nitrogen and oxygen atoms in total. The van der Waals surface area contributed by atoms with Gasteiger partial charge in [-0.3, -0.25) is 9.59 Å². The average molecular weight is 265 g/mol. The predicted octanol–water partition coefficient (Wildman–Crippen LogP) is 1.06. The standard InChI is InChI=1S/C13H15NO3S/c1-8-5-10(9(2)15)3-4-12(8)13(16)14-11-6-18(17)7-11/h3-5,11H,6-7H2,1-2H3,(H,14,16)/t11-,18+. The first kappa shape index (κ1) is 13.1. The van der Waals surface area contributed by atoms with Crippen LogP contribution >= 0.6 is 0 Å². The number of amides is 1. The summed E-state index contributed by atoms with van der Waals surface area (Å²) in [5.74, 6) is 0.899. The van der Waals surface area contributed by atoms with Gasteiger partial charge < -0.3 is 9.87 Å². The number of hydrogen-bond donors (Lipinski definition) is 1. The van der Waals surface area contributed by atoms with Crippen molar-refractivity contribution in [3.63, 3.8) is 0 Å². The first-order valence-corrected chi connectivity index (χ1v) is 7.23. The summed E-state index contributed by atoms with van der Waals surface area (Å²) >= 11 is -0.769. The molecule has 2 rings (SSSR count). The van der Waals surface area contributed by atoms with Crippen molar-refractivity contribution < 1.29 is 14.1 Å². The summed E-state index contributed by atoms with van der Waals surface area (Å²) in [6, 6.07) is 5.06. The molecule has 0 unspecified atom stereocenters. The third kappa shape index (κ3) is 2.73. The molecule has 1 heterocycles. The van der Waals surface area contributed by atoms with Crippen molar-refractivity contribution in [3.8, 4) is 0 Å². The zero-order valence-corrected chi connectivity index (χ0v) is 11.2. The number of benzene rings is 1. The SMILES string of the molecule is CC(=O)c1ccc(C(=O)N[C@H]2C[S@@+]([O-])C2)c(C)c1. The maximum atomic E-state index is 12.0. The van der Waals surface area contributed by atoms with Crippen molar-refractivity contribution in [3.05, 3.63) is 34.9 Å². The highest BCUT2D eigenvalue weighted by atomic mass is 32.2. The van der Waals surface area contributed by atoms with Gasteiger partial charge in [-0.2, -0.15) is 0 Å². The van der Waals surface area contributed by atoms with Gasteiger partial charge in [-0.05, 0) is 42.7 Å². The number of hydrogen-bond acceptors (Lipinski definition) is 3. The first-order valence-electron chi connectivity index (χ1n) is 5.75. The minimum absolute atomic E-state index is 0.0144. The first-order chi connectivity index (χ1) is 8.47. The van der Waals surface area contributed by atoms with E-state index in [9.17, 15) is 14.1 Å². The summed E-state index contributed by atoms with van der Waals surface area (Å²) in [6.45, 7) is 3.30. The van der Waals surface area contributed by atoms with Crippen LogP contribution in [0.4, 0.5) is 0 Å². The van der Waals surface area contributed by atoms with Gasteiger partial charge in [0.15, 0.2) is 5.78 Å². The fourth-order valence-electron chi connectivity index (χ4n) is 1.88. The van der Waals surface area contributed by atoms with Gasteiger partial charge in [-0.25, -0.2) is 0 Å². The van der Waals surface area contributed by atoms with E-state index in [2.05, 4.69) is 5.32 Å². The van der Waals surface area contributed by atoms with Crippen LogP contribution in [0, 0.1) is 6.92 Å². The molecule has 1 aliphatic rings. The molecule has 0 spiro atoms. The summed E-state index contributed by atoms with van der Waals surface area (Å²) in [5.41, 5.74) is 1.95. The molecule has 1 N–H and O–H groups in total. The number of rotatable bonds is 3. The minimum Gasteiger partial charge on any atom is -0.616 e. The summed E-state index contributed by atoms with van der Waals surface area (Å²) in [5, 5.41) is 2.84. The Labute approximate surface area is 109 Å². The van der Waals surface area contributed by atoms with Gasteiger partial charge in [0, 0.05) is 11.1 Å². The van der Waals surface area contributed by atoms with E-state index in [0.29, 0.717) is 22.6 Å². The molecule has 1 aromatic rings. The molecule has 1 aliphatic heterocycles. The van der Waals surface area contributed by atoms with Crippen LogP contribution in [0.5, 0.6) is 0 Å². The van der Waals surface area contributed by atoms with Crippen LogP contribution in [0.25, 0.3) is 0 Å². The van der Waals surface area contributed by atoms with E-state index >= 15 is 0 Å². The van der Waals surface area contributed by atoms with E-state index in [-0.39, 0.29) is 17.7 Å². The molecule has 18 heavy (non-hydrogen) atoms. The molecular formula is C13H15NO3S. The van der Waals surface area contributed by atoms with E-state index < -0.39 is 11.2 Å². The zero-order valence-electron chi connectivity index (χ0n) is 10.4. The molecular weight excluding hydrogens is 250 g/mol. The fraction of sp³-hybridized carbons (Fsp3) is 0.385. The van der Waals surface area contributed by atoms with Crippen molar-refractivity contribution in [1.29, 1.82) is 0 Å². The highest BCUT2D eigenvalue weighted by Gasteiger charge is 2.33. The molecule has 0 bridgehead atoms. The van der Waals surface area contributed by atoms with Crippen molar-refractivity contribution in [2.75, 3.05) is 11.5 Å². The summed E-state index contributed by atoms with van der Waals surface area (Å²) in [7, 11) is 0. The number of Topliss-reactive ketones (excluding diaryl/α,β-unsaturated/α-hetero) is 1. The van der Waals surface area contributed by atoms with Crippen molar-refractivity contribution in [2.24, 2.45) is 0 Å². The number of aryl methyl sites for hydroxylation is 1. The quantitative estimate of drug-likeness (QED) is 0.656. The summed E-state index contributed by atoms with van der Waals surface area (Å²) in [6.07, 6.45) is 0. The second kappa shape index (κ2) is 5.12. The molecule has 1 fully saturated rings. The Balaban J connectivity index is 2.08. The monoisotopic (exact) mass is 265 g/mol. The maximum Gasteiger partial charge on any atom is 0.252 e. The molecule has 0 saturated carbocycles. The lowest BCUT2D eigenvalue weighted by Crippen LogP contribution is -2.53. The maximum absolute atomic E-state index is 12.0. The molecule has 1 amide bonds. The Kier molecular flexibility index (Phi) is 3.73. The lowest BCUT2D eigenvalue weighted by atomic mass is 10.0. The molecule has 0 aromatic heterocycles. The third-order valence-electron chi connectivity index (χ3n) is 2.99. The van der Waals surface area contributed by atoms with Crippen molar-refractivity contribution in [1.82, 2.24) is 5.32 Å². The van der Waals surface area contributed by atoms with Crippen LogP contribution in [-0.2, 0) is 11.2 Å². The minimum atomic E-state index is -0.769. The number of carbonyl (C=O) groups excluding carboxylic acids is 2. The Morgan fingerprint density at radius 2 is 2.06 bits per heavy atom. The normalized spacial score (nSPS) is 22.2. The molecule has 0 aliphatic carbocycles. The van der Waals surface area contributed by atoms with Crippen LogP contribution in [0.15, 0.2) is 18.2 Å². The molecule has 5 heteroatoms. The van der Waals surface area contributed by atoms with Crippen LogP contribution in [-0.4, -0.2) is 33.8 Å². The van der Waals surface area contributed by atoms with Crippen LogP contribution in [0.1, 0.15) is 33.2 Å². The molecule has 1 aromatic carbocycles. The van der Waals surface area contributed by atoms with Gasteiger partial charge in [-0.1, -0.05) is 6.07 Å². The second-order valence-electron chi connectivity index (χ2n) is 4.53. The van der Waals surface area contributed by atoms with Gasteiger partial charge in [0.1, 0.15) is 17.5 Å². The van der Waals surface area contributed by atoms with Gasteiger partial charge in [0.25, 0.3) is 5.91 Å². The Morgan fingerprint density at radius 3 is 2.56 bits per heavy atom. The smallest absolute Gasteiger partial charge is 0.252 e. The third-order valence-corrected chi connectivity index (χ3v) is 4.54. The highest BCUT2D eigenvalue weighted by Crippen LogP contribution is 2.14. The van der Waals surface area contributed by atoms with E-state index in [0.717, 1.165) is 5.56 Å². The van der Waals surface area contributed by atoms with Crippen LogP contribution < -0.4 is 5.32 Å². The van der Waals surface area contributed by atoms with Gasteiger partial charge in [0.2, 0.25) is 0 Å².